The molecule has 0 atom stereocenters. The summed E-state index contributed by atoms with van der Waals surface area (Å²) in [7, 11) is 4.61. The van der Waals surface area contributed by atoms with Gasteiger partial charge in [0, 0.05) is 0 Å². The molecule has 2 heteroatoms. The van der Waals surface area contributed by atoms with E-state index in [1.807, 2.05) is 6.08 Å². The van der Waals surface area contributed by atoms with Crippen molar-refractivity contribution in [2.24, 2.45) is 0 Å². The second kappa shape index (κ2) is 20.0. The molecule has 25 heavy (non-hydrogen) atoms. The fourth-order valence-electron chi connectivity index (χ4n) is 3.23. The average molecular weight is 372 g/mol. The van der Waals surface area contributed by atoms with Crippen LogP contribution in [-0.4, -0.2) is 31.7 Å². The van der Waals surface area contributed by atoms with Crippen LogP contribution in [0.1, 0.15) is 96.8 Å². The molecule has 0 bridgehead atoms. The van der Waals surface area contributed by atoms with Crippen molar-refractivity contribution in [1.82, 2.24) is 0 Å². The van der Waals surface area contributed by atoms with Gasteiger partial charge in [-0.3, -0.25) is 0 Å². The highest BCUT2D eigenvalue weighted by Gasteiger charge is 2.10. The number of halogens is 1. The van der Waals surface area contributed by atoms with Crippen LogP contribution in [0.15, 0.2) is 24.8 Å². The van der Waals surface area contributed by atoms with Crippen molar-refractivity contribution in [2.75, 3.05) is 27.2 Å². The molecule has 150 valence electrons. The first-order chi connectivity index (χ1) is 11.6. The summed E-state index contributed by atoms with van der Waals surface area (Å²) in [5.41, 5.74) is 0. The Labute approximate surface area is 166 Å². The topological polar surface area (TPSA) is 0 Å². The molecule has 0 saturated heterocycles. The standard InChI is InChI=1S/C23H46N.ClH/c1-5-7-8-9-10-11-12-13-14-15-16-17-18-19-20-21-23-24(3,4)22-6-2;/h6,13-14H,2,5,7-12,15-23H2,1,3-4H3;1H/q+1;/p-1/b14-13-;. The van der Waals surface area contributed by atoms with Crippen LogP contribution in [0.3, 0.4) is 0 Å². The Bertz CT molecular complexity index is 296. The fraction of sp³-hybridized carbons (Fsp3) is 0.826. The van der Waals surface area contributed by atoms with E-state index in [2.05, 4.69) is 39.8 Å². The molecule has 0 unspecified atom stereocenters. The van der Waals surface area contributed by atoms with Crippen molar-refractivity contribution in [2.45, 2.75) is 96.8 Å². The Hall–Kier alpha value is -0.270. The van der Waals surface area contributed by atoms with Gasteiger partial charge in [-0.1, -0.05) is 77.0 Å². The highest BCUT2D eigenvalue weighted by atomic mass is 35.5. The Morgan fingerprint density at radius 2 is 1.12 bits per heavy atom. The van der Waals surface area contributed by atoms with E-state index in [1.165, 1.54) is 96.4 Å². The molecule has 0 saturated carbocycles. The van der Waals surface area contributed by atoms with Crippen molar-refractivity contribution >= 4 is 0 Å². The van der Waals surface area contributed by atoms with E-state index >= 15 is 0 Å². The minimum atomic E-state index is 0. The number of hydrogen-bond acceptors (Lipinski definition) is 0. The molecule has 0 heterocycles. The SMILES string of the molecule is C=CC[N+](C)(C)CCCCCCCC/C=C\CCCCCCCC.[Cl-]. The molecule has 0 amide bonds. The van der Waals surface area contributed by atoms with Crippen molar-refractivity contribution in [3.63, 3.8) is 0 Å². The lowest BCUT2D eigenvalue weighted by molar-refractivity contribution is -0.884. The number of rotatable bonds is 18. The summed E-state index contributed by atoms with van der Waals surface area (Å²) >= 11 is 0. The van der Waals surface area contributed by atoms with E-state index in [0.717, 1.165) is 11.0 Å². The molecule has 0 fully saturated rings. The van der Waals surface area contributed by atoms with Gasteiger partial charge in [-0.05, 0) is 44.6 Å². The predicted molar refractivity (Wildman–Crippen MR) is 111 cm³/mol. The molecule has 0 aliphatic heterocycles. The maximum absolute atomic E-state index is 3.85. The van der Waals surface area contributed by atoms with Gasteiger partial charge in [0.05, 0.1) is 27.2 Å². The number of quaternary nitrogens is 1. The third-order valence-electron chi connectivity index (χ3n) is 4.90. The van der Waals surface area contributed by atoms with Crippen molar-refractivity contribution in [1.29, 1.82) is 0 Å². The average Bonchev–Trinajstić information content (AvgIpc) is 2.54. The maximum Gasteiger partial charge on any atom is 0.0966 e. The van der Waals surface area contributed by atoms with Crippen LogP contribution >= 0.6 is 0 Å². The maximum atomic E-state index is 3.85. The Morgan fingerprint density at radius 1 is 0.680 bits per heavy atom. The number of nitrogens with zero attached hydrogens (tertiary/aromatic N) is 1. The summed E-state index contributed by atoms with van der Waals surface area (Å²) in [6.45, 7) is 8.51. The van der Waals surface area contributed by atoms with Crippen molar-refractivity contribution in [3.8, 4) is 0 Å². The van der Waals surface area contributed by atoms with E-state index < -0.39 is 0 Å². The monoisotopic (exact) mass is 371 g/mol. The molecule has 0 aromatic heterocycles. The molecule has 0 rings (SSSR count). The fourth-order valence-corrected chi connectivity index (χ4v) is 3.23. The number of likely N-dealkylation sites (N-methyl/N-ethyl adjacent to an activating group) is 1. The molecular formula is C23H46ClN. The first-order valence-electron chi connectivity index (χ1n) is 10.7. The highest BCUT2D eigenvalue weighted by Crippen LogP contribution is 2.11. The summed E-state index contributed by atoms with van der Waals surface area (Å²) in [6, 6.07) is 0. The van der Waals surface area contributed by atoms with E-state index in [1.54, 1.807) is 0 Å². The van der Waals surface area contributed by atoms with Crippen molar-refractivity contribution < 1.29 is 16.9 Å². The van der Waals surface area contributed by atoms with Gasteiger partial charge in [-0.2, -0.15) is 0 Å². The zero-order valence-corrected chi connectivity index (χ0v) is 18.3. The predicted octanol–water partition coefficient (Wildman–Crippen LogP) is 4.29. The number of allylic oxidation sites excluding steroid dienone is 2. The van der Waals surface area contributed by atoms with Crippen LogP contribution in [0, 0.1) is 0 Å². The van der Waals surface area contributed by atoms with Crippen LogP contribution in [0.2, 0.25) is 0 Å². The van der Waals surface area contributed by atoms with Crippen LogP contribution in [0.5, 0.6) is 0 Å². The summed E-state index contributed by atoms with van der Waals surface area (Å²) < 4.78 is 1.09. The first-order valence-corrected chi connectivity index (χ1v) is 10.7. The summed E-state index contributed by atoms with van der Waals surface area (Å²) in [6.07, 6.45) is 26.3. The van der Waals surface area contributed by atoms with Gasteiger partial charge in [-0.15, -0.1) is 0 Å². The number of hydrogen-bond donors (Lipinski definition) is 0. The minimum Gasteiger partial charge on any atom is -1.00 e. The highest BCUT2D eigenvalue weighted by molar-refractivity contribution is 4.81. The molecule has 0 radical (unpaired) electrons. The van der Waals surface area contributed by atoms with Gasteiger partial charge in [0.15, 0.2) is 0 Å². The quantitative estimate of drug-likeness (QED) is 0.191. The molecular weight excluding hydrogens is 326 g/mol. The number of unbranched alkanes of at least 4 members (excludes halogenated alkanes) is 12. The second-order valence-corrected chi connectivity index (χ2v) is 8.07. The van der Waals surface area contributed by atoms with Crippen LogP contribution in [0.4, 0.5) is 0 Å². The lowest BCUT2D eigenvalue weighted by atomic mass is 10.1. The second-order valence-electron chi connectivity index (χ2n) is 8.07. The van der Waals surface area contributed by atoms with Gasteiger partial charge in [0.25, 0.3) is 0 Å². The van der Waals surface area contributed by atoms with Gasteiger partial charge in [-0.25, -0.2) is 0 Å². The summed E-state index contributed by atoms with van der Waals surface area (Å²) in [5, 5.41) is 0. The molecule has 1 nitrogen and oxygen atoms in total. The van der Waals surface area contributed by atoms with E-state index in [9.17, 15) is 0 Å². The van der Waals surface area contributed by atoms with Crippen LogP contribution in [0.25, 0.3) is 0 Å². The van der Waals surface area contributed by atoms with Gasteiger partial charge in [0.1, 0.15) is 0 Å². The molecule has 0 aromatic rings. The Balaban J connectivity index is 0. The normalized spacial score (nSPS) is 11.6. The zero-order chi connectivity index (χ0) is 17.9. The van der Waals surface area contributed by atoms with E-state index in [4.69, 9.17) is 0 Å². The van der Waals surface area contributed by atoms with Gasteiger partial charge < -0.3 is 16.9 Å². The minimum absolute atomic E-state index is 0. The molecule has 0 aliphatic carbocycles. The smallest absolute Gasteiger partial charge is 0.0966 e. The summed E-state index contributed by atoms with van der Waals surface area (Å²) in [5.74, 6) is 0. The van der Waals surface area contributed by atoms with Crippen molar-refractivity contribution in [3.05, 3.63) is 24.8 Å². The molecule has 0 N–H and O–H groups in total. The Morgan fingerprint density at radius 3 is 1.60 bits per heavy atom. The third-order valence-corrected chi connectivity index (χ3v) is 4.90. The largest absolute Gasteiger partial charge is 1.00 e. The van der Waals surface area contributed by atoms with E-state index in [-0.39, 0.29) is 12.4 Å². The van der Waals surface area contributed by atoms with Crippen LogP contribution in [-0.2, 0) is 0 Å². The van der Waals surface area contributed by atoms with Crippen LogP contribution < -0.4 is 12.4 Å². The summed E-state index contributed by atoms with van der Waals surface area (Å²) in [4.78, 5) is 0. The molecule has 0 spiro atoms. The lowest BCUT2D eigenvalue weighted by Crippen LogP contribution is -3.00. The van der Waals surface area contributed by atoms with E-state index in [0.29, 0.717) is 0 Å². The van der Waals surface area contributed by atoms with Gasteiger partial charge in [0.2, 0.25) is 0 Å². The zero-order valence-electron chi connectivity index (χ0n) is 17.6. The van der Waals surface area contributed by atoms with Gasteiger partial charge >= 0.3 is 0 Å². The molecule has 0 aliphatic rings. The molecule has 0 aromatic carbocycles. The third kappa shape index (κ3) is 21.7. The Kier molecular flexibility index (Phi) is 21.6. The first kappa shape index (κ1) is 27.0. The lowest BCUT2D eigenvalue weighted by Gasteiger charge is -2.28.